The first-order valence-electron chi connectivity index (χ1n) is 33.1. The maximum atomic E-state index is 13.5. The van der Waals surface area contributed by atoms with E-state index >= 15 is 0 Å². The first-order valence-corrected chi connectivity index (χ1v) is 33.1. The summed E-state index contributed by atoms with van der Waals surface area (Å²) in [5.41, 5.74) is 0. The Labute approximate surface area is 579 Å². The smallest absolute Gasteiger partial charge is 0.217 e. The number of nitrogens with one attached hydrogen (secondary N) is 2. The molecular weight excluding hydrogens is 1400 g/mol. The lowest BCUT2D eigenvalue weighted by atomic mass is 9.93. The zero-order chi connectivity index (χ0) is 75.1. The Kier molecular flexibility index (Phi) is 28.9. The third-order valence-electron chi connectivity index (χ3n) is 19.4. The van der Waals surface area contributed by atoms with Gasteiger partial charge in [0.2, 0.25) is 11.8 Å². The Morgan fingerprint density at radius 2 is 0.529 bits per heavy atom. The lowest BCUT2D eigenvalue weighted by molar-refractivity contribution is -0.405. The van der Waals surface area contributed by atoms with Crippen molar-refractivity contribution in [3.63, 3.8) is 0 Å². The highest BCUT2D eigenvalue weighted by Crippen LogP contribution is 2.41. The summed E-state index contributed by atoms with van der Waals surface area (Å²) in [4.78, 5) is 27.0. The zero-order valence-electron chi connectivity index (χ0n) is 55.6. The van der Waals surface area contributed by atoms with E-state index in [0.717, 1.165) is 13.8 Å². The van der Waals surface area contributed by atoms with Crippen LogP contribution in [0.25, 0.3) is 0 Å². The van der Waals surface area contributed by atoms with Gasteiger partial charge in [-0.1, -0.05) is 0 Å². The first-order chi connectivity index (χ1) is 48.1. The third kappa shape index (κ3) is 17.5. The number of carbonyl (C=O) groups excluding carboxylic acids is 2. The molecule has 44 heteroatoms. The van der Waals surface area contributed by atoms with Crippen molar-refractivity contribution in [2.24, 2.45) is 0 Å². The van der Waals surface area contributed by atoms with Crippen LogP contribution in [0.3, 0.4) is 0 Å². The maximum absolute atomic E-state index is 13.5. The van der Waals surface area contributed by atoms with E-state index in [1.165, 1.54) is 27.7 Å². The Morgan fingerprint density at radius 1 is 0.255 bits per heavy atom. The molecule has 0 aromatic rings. The third-order valence-corrected chi connectivity index (χ3v) is 19.4. The molecule has 44 nitrogen and oxygen atoms in total. The van der Waals surface area contributed by atoms with Crippen molar-refractivity contribution in [1.29, 1.82) is 0 Å². The molecule has 0 aromatic heterocycles. The highest BCUT2D eigenvalue weighted by Gasteiger charge is 2.62. The molecule has 102 heavy (non-hydrogen) atoms. The van der Waals surface area contributed by atoms with Crippen LogP contribution in [0.15, 0.2) is 0 Å². The number of amides is 2. The molecule has 0 unspecified atom stereocenters. The molecule has 9 aliphatic heterocycles. The summed E-state index contributed by atoms with van der Waals surface area (Å²) in [6.45, 7) is 1.23. The molecule has 9 rings (SSSR count). The number of rotatable bonds is 23. The van der Waals surface area contributed by atoms with Gasteiger partial charge in [0.25, 0.3) is 0 Å². The summed E-state index contributed by atoms with van der Waals surface area (Å²) in [6.07, 6.45) is -84.7. The van der Waals surface area contributed by atoms with E-state index in [1.54, 1.807) is 0 Å². The van der Waals surface area contributed by atoms with Crippen LogP contribution in [0.5, 0.6) is 0 Å². The van der Waals surface area contributed by atoms with Crippen LogP contribution < -0.4 is 10.6 Å². The summed E-state index contributed by atoms with van der Waals surface area (Å²) >= 11 is 0. The van der Waals surface area contributed by atoms with Crippen molar-refractivity contribution in [1.82, 2.24) is 10.6 Å². The standard InChI is InChI=1S/C58H98N2O42/c1-12-25(68)31(74)36(79)53(86-12)98-45-23(59-16(5)66)51(95-44-20(9-63)90-50(85)40(83)48(44)101-55-38(81)33(76)27(70)14(3)88-55)93-21(10-64)42(45)96-57-41(84)47(30(73)19(8-62)91-57)100-52-24(60-17(6)67)46(99-54-37(80)32(75)26(69)13(2)87-54)43(22(11-65)94-52)97-58-49(35(78)29(72)18(7-61)92-58)102-56-39(82)34(77)28(71)15(4)89-56/h12-15,18-58,61-65,68-85H,7-11H2,1-6H3,(H,59,66)(H,60,67)/t12-,13-,14-,15-,18+,19+,20+,21+,22+,23+,24+,25+,26+,27+,28+,29-,30-,31+,32+,33+,34+,35-,36-,37-,38-,39-,40+,41+,42+,43+,44+,45+,46+,47-,48+,49+,50+,51-,52-,53-,54-,55-,56-,57-,58-/m0/s1. The van der Waals surface area contributed by atoms with Crippen molar-refractivity contribution in [2.45, 2.75) is 318 Å². The molecule has 0 radical (unpaired) electrons. The van der Waals surface area contributed by atoms with Gasteiger partial charge in [-0.3, -0.25) is 9.59 Å². The molecule has 0 bridgehead atoms. The molecule has 0 saturated carbocycles. The quantitative estimate of drug-likeness (QED) is 0.0452. The second kappa shape index (κ2) is 35.4. The molecule has 45 atom stereocenters. The predicted octanol–water partition coefficient (Wildman–Crippen LogP) is -16.2. The monoisotopic (exact) mass is 1490 g/mol. The van der Waals surface area contributed by atoms with E-state index in [9.17, 15) is 127 Å². The van der Waals surface area contributed by atoms with Gasteiger partial charge in [0.05, 0.1) is 57.5 Å². The predicted molar refractivity (Wildman–Crippen MR) is 315 cm³/mol. The lowest BCUT2D eigenvalue weighted by Crippen LogP contribution is -2.72. The van der Waals surface area contributed by atoms with Crippen molar-refractivity contribution in [2.75, 3.05) is 33.0 Å². The highest BCUT2D eigenvalue weighted by atomic mass is 16.8. The molecule has 0 aliphatic carbocycles. The largest absolute Gasteiger partial charge is 0.394 e. The second-order valence-corrected chi connectivity index (χ2v) is 26.6. The summed E-state index contributed by atoms with van der Waals surface area (Å²) in [5.74, 6) is -1.95. The summed E-state index contributed by atoms with van der Waals surface area (Å²) in [6, 6.07) is -3.98. The zero-order valence-corrected chi connectivity index (χ0v) is 55.6. The van der Waals surface area contributed by atoms with Crippen LogP contribution >= 0.6 is 0 Å². The number of ether oxygens (including phenoxy) is 17. The van der Waals surface area contributed by atoms with Crippen LogP contribution in [-0.2, 0) is 90.1 Å². The molecule has 9 heterocycles. The van der Waals surface area contributed by atoms with Crippen LogP contribution in [0.2, 0.25) is 0 Å². The van der Waals surface area contributed by atoms with Crippen LogP contribution in [-0.4, -0.2) is 439 Å². The van der Waals surface area contributed by atoms with E-state index in [4.69, 9.17) is 80.5 Å². The Hall–Kier alpha value is -2.66. The minimum Gasteiger partial charge on any atom is -0.394 e. The molecule has 9 aliphatic rings. The fraction of sp³-hybridized carbons (Fsp3) is 0.966. The normalized spacial score (nSPS) is 52.7. The van der Waals surface area contributed by atoms with Crippen molar-refractivity contribution >= 4 is 11.8 Å². The van der Waals surface area contributed by atoms with E-state index in [0.29, 0.717) is 0 Å². The second-order valence-electron chi connectivity index (χ2n) is 26.6. The van der Waals surface area contributed by atoms with E-state index in [-0.39, 0.29) is 0 Å². The lowest BCUT2D eigenvalue weighted by Gasteiger charge is -2.53. The minimum atomic E-state index is -2.47. The number of hydrogen-bond donors (Lipinski definition) is 25. The number of aliphatic hydroxyl groups is 23. The minimum absolute atomic E-state index is 0.942. The maximum Gasteiger partial charge on any atom is 0.217 e. The average Bonchev–Trinajstić information content (AvgIpc) is 0.761. The van der Waals surface area contributed by atoms with Crippen LogP contribution in [0, 0.1) is 0 Å². The number of hydrogen-bond acceptors (Lipinski definition) is 42. The molecule has 25 N–H and O–H groups in total. The van der Waals surface area contributed by atoms with Crippen molar-refractivity contribution < 1.29 is 208 Å². The van der Waals surface area contributed by atoms with Gasteiger partial charge in [-0.15, -0.1) is 0 Å². The number of aliphatic hydroxyl groups excluding tert-OH is 23. The van der Waals surface area contributed by atoms with Gasteiger partial charge < -0.3 is 209 Å². The SMILES string of the molecule is CC(=O)N[C@H]1[C@H](O[C@H]2[C@H](O[C@@H]3O[C@@H](C)[C@@H](O)[C@@H](O)[C@@H]3O)[C@@H](O)[C@H](O)O[C@@H]2CO)O[C@H](CO)[C@@H](O[C@@H]2O[C@H](CO)[C@H](O)[C@H](O[C@@H]3O[C@H](CO)[C@@H](O[C@@H]4O[C@H](CO)[C@H](O)[C@H](O)[C@H]4O[C@@H]4O[C@@H](C)[C@@H](O)[C@@H](O)[C@@H]4O)[C@H](O[C@@H]4O[C@@H](C)[C@@H](O)[C@@H](O)[C@@H]4O)[C@H]3NC(C)=O)[C@H]2O)[C@@H]1O[C@@H]1O[C@@H](C)[C@@H](O)[C@@H](O)[C@@H]1O. The molecule has 9 fully saturated rings. The molecule has 592 valence electrons. The van der Waals surface area contributed by atoms with Gasteiger partial charge in [-0.2, -0.15) is 0 Å². The topological polar surface area (TPSA) is 680 Å². The Balaban J connectivity index is 1.07. The van der Waals surface area contributed by atoms with E-state index < -0.39 is 321 Å². The molecule has 9 saturated heterocycles. The fourth-order valence-corrected chi connectivity index (χ4v) is 13.5. The Bertz CT molecular complexity index is 2640. The van der Waals surface area contributed by atoms with Gasteiger partial charge in [0, 0.05) is 13.8 Å². The van der Waals surface area contributed by atoms with Crippen LogP contribution in [0.4, 0.5) is 0 Å². The summed E-state index contributed by atoms with van der Waals surface area (Å²) in [7, 11) is 0. The molecule has 2 amide bonds. The van der Waals surface area contributed by atoms with Crippen LogP contribution in [0.1, 0.15) is 41.5 Å². The molecular formula is C58H98N2O42. The van der Waals surface area contributed by atoms with E-state index in [2.05, 4.69) is 10.6 Å². The first kappa shape index (κ1) is 83.4. The van der Waals surface area contributed by atoms with Gasteiger partial charge in [0.1, 0.15) is 195 Å². The highest BCUT2D eigenvalue weighted by molar-refractivity contribution is 5.73. The fourth-order valence-electron chi connectivity index (χ4n) is 13.5. The van der Waals surface area contributed by atoms with Gasteiger partial charge >= 0.3 is 0 Å². The Morgan fingerprint density at radius 3 is 0.902 bits per heavy atom. The van der Waals surface area contributed by atoms with Gasteiger partial charge in [-0.25, -0.2) is 0 Å². The number of carbonyl (C=O) groups is 2. The molecule has 0 aromatic carbocycles. The summed E-state index contributed by atoms with van der Waals surface area (Å²) in [5, 5.41) is 259. The van der Waals surface area contributed by atoms with Crippen molar-refractivity contribution in [3.8, 4) is 0 Å². The molecule has 0 spiro atoms. The summed E-state index contributed by atoms with van der Waals surface area (Å²) < 4.78 is 102. The van der Waals surface area contributed by atoms with Gasteiger partial charge in [0.15, 0.2) is 56.6 Å². The average molecular weight is 1500 g/mol. The van der Waals surface area contributed by atoms with Gasteiger partial charge in [-0.05, 0) is 27.7 Å². The van der Waals surface area contributed by atoms with Crippen molar-refractivity contribution in [3.05, 3.63) is 0 Å². The van der Waals surface area contributed by atoms with E-state index in [1.807, 2.05) is 0 Å².